The van der Waals surface area contributed by atoms with Crippen LogP contribution in [0.5, 0.6) is 0 Å². The molecule has 0 spiro atoms. The minimum atomic E-state index is -0.547. The number of nitrogens with one attached hydrogen (secondary N) is 1. The highest BCUT2D eigenvalue weighted by molar-refractivity contribution is 6.30. The number of aryl methyl sites for hydroxylation is 1. The van der Waals surface area contributed by atoms with Crippen molar-refractivity contribution in [2.24, 2.45) is 0 Å². The molecule has 1 heterocycles. The van der Waals surface area contributed by atoms with Crippen LogP contribution in [0.4, 0.5) is 11.4 Å². The summed E-state index contributed by atoms with van der Waals surface area (Å²) in [5.41, 5.74) is 2.39. The molecular formula is C17H15ClN2O2. The van der Waals surface area contributed by atoms with Crippen LogP contribution in [0.15, 0.2) is 48.5 Å². The van der Waals surface area contributed by atoms with Crippen molar-refractivity contribution in [3.8, 4) is 0 Å². The number of halogens is 1. The first-order chi connectivity index (χ1) is 10.5. The number of carbonyl (C=O) groups excluding carboxylic acids is 2. The molecule has 1 aliphatic rings. The lowest BCUT2D eigenvalue weighted by Gasteiger charge is -2.16. The highest BCUT2D eigenvalue weighted by Gasteiger charge is 2.39. The quantitative estimate of drug-likeness (QED) is 0.883. The van der Waals surface area contributed by atoms with Crippen molar-refractivity contribution in [2.45, 2.75) is 19.4 Å². The van der Waals surface area contributed by atoms with Gasteiger partial charge >= 0.3 is 0 Å². The number of imide groups is 1. The molecule has 22 heavy (non-hydrogen) atoms. The first-order valence-electron chi connectivity index (χ1n) is 7.00. The Balaban J connectivity index is 1.81. The van der Waals surface area contributed by atoms with Crippen molar-refractivity contribution in [3.05, 3.63) is 59.1 Å². The van der Waals surface area contributed by atoms with E-state index in [0.29, 0.717) is 10.7 Å². The molecule has 0 bridgehead atoms. The Hall–Kier alpha value is -2.33. The maximum atomic E-state index is 12.5. The van der Waals surface area contributed by atoms with Gasteiger partial charge in [0.05, 0.1) is 12.1 Å². The van der Waals surface area contributed by atoms with Gasteiger partial charge < -0.3 is 5.32 Å². The van der Waals surface area contributed by atoms with Crippen molar-refractivity contribution in [2.75, 3.05) is 10.2 Å². The summed E-state index contributed by atoms with van der Waals surface area (Å²) in [6.45, 7) is 1.93. The van der Waals surface area contributed by atoms with Crippen LogP contribution in [0.2, 0.25) is 5.02 Å². The third-order valence-electron chi connectivity index (χ3n) is 3.59. The van der Waals surface area contributed by atoms with E-state index in [4.69, 9.17) is 11.6 Å². The maximum absolute atomic E-state index is 12.5. The van der Waals surface area contributed by atoms with Crippen molar-refractivity contribution in [1.29, 1.82) is 0 Å². The Labute approximate surface area is 133 Å². The van der Waals surface area contributed by atoms with E-state index >= 15 is 0 Å². The molecule has 0 unspecified atom stereocenters. The lowest BCUT2D eigenvalue weighted by molar-refractivity contribution is -0.121. The minimum Gasteiger partial charge on any atom is -0.373 e. The van der Waals surface area contributed by atoms with Gasteiger partial charge in [-0.15, -0.1) is 0 Å². The van der Waals surface area contributed by atoms with Gasteiger partial charge in [-0.1, -0.05) is 23.7 Å². The van der Waals surface area contributed by atoms with E-state index in [1.54, 1.807) is 30.3 Å². The average molecular weight is 315 g/mol. The van der Waals surface area contributed by atoms with Crippen LogP contribution in [0.1, 0.15) is 12.0 Å². The molecule has 0 radical (unpaired) electrons. The Morgan fingerprint density at radius 1 is 1.14 bits per heavy atom. The standard InChI is InChI=1S/C17H15ClN2O2/c1-11-3-2-4-14(9-11)20-16(21)10-15(17(20)22)19-13-7-5-12(18)6-8-13/h2-9,15,19H,10H2,1H3/t15-/m0/s1. The van der Waals surface area contributed by atoms with Gasteiger partial charge in [0, 0.05) is 10.7 Å². The Kier molecular flexibility index (Phi) is 3.86. The summed E-state index contributed by atoms with van der Waals surface area (Å²) >= 11 is 5.84. The van der Waals surface area contributed by atoms with Gasteiger partial charge in [-0.25, -0.2) is 4.90 Å². The molecule has 2 amide bonds. The van der Waals surface area contributed by atoms with E-state index in [-0.39, 0.29) is 18.2 Å². The van der Waals surface area contributed by atoms with Crippen molar-refractivity contribution in [3.63, 3.8) is 0 Å². The lowest BCUT2D eigenvalue weighted by Crippen LogP contribution is -2.34. The third kappa shape index (κ3) is 2.83. The molecule has 1 aliphatic heterocycles. The van der Waals surface area contributed by atoms with Gasteiger partial charge in [-0.3, -0.25) is 9.59 Å². The van der Waals surface area contributed by atoms with Gasteiger partial charge in [-0.2, -0.15) is 0 Å². The van der Waals surface area contributed by atoms with Crippen molar-refractivity contribution < 1.29 is 9.59 Å². The number of hydrogen-bond acceptors (Lipinski definition) is 3. The van der Waals surface area contributed by atoms with E-state index in [9.17, 15) is 9.59 Å². The molecular weight excluding hydrogens is 300 g/mol. The number of rotatable bonds is 3. The molecule has 2 aromatic carbocycles. The first kappa shape index (κ1) is 14.6. The second kappa shape index (κ2) is 5.81. The van der Waals surface area contributed by atoms with Crippen LogP contribution in [0.3, 0.4) is 0 Å². The molecule has 4 nitrogen and oxygen atoms in total. The van der Waals surface area contributed by atoms with E-state index in [0.717, 1.165) is 11.3 Å². The maximum Gasteiger partial charge on any atom is 0.256 e. The zero-order valence-corrected chi connectivity index (χ0v) is 12.8. The normalized spacial score (nSPS) is 17.9. The summed E-state index contributed by atoms with van der Waals surface area (Å²) in [4.78, 5) is 26.0. The molecule has 112 valence electrons. The Morgan fingerprint density at radius 3 is 2.55 bits per heavy atom. The summed E-state index contributed by atoms with van der Waals surface area (Å²) < 4.78 is 0. The fourth-order valence-electron chi connectivity index (χ4n) is 2.53. The molecule has 0 aromatic heterocycles. The first-order valence-corrected chi connectivity index (χ1v) is 7.38. The average Bonchev–Trinajstić information content (AvgIpc) is 2.76. The molecule has 1 atom stereocenters. The summed E-state index contributed by atoms with van der Waals surface area (Å²) in [7, 11) is 0. The summed E-state index contributed by atoms with van der Waals surface area (Å²) in [6.07, 6.45) is 0.148. The number of nitrogens with zero attached hydrogens (tertiary/aromatic N) is 1. The summed E-state index contributed by atoms with van der Waals surface area (Å²) in [5, 5.41) is 3.72. The zero-order valence-electron chi connectivity index (χ0n) is 12.0. The van der Waals surface area contributed by atoms with Crippen molar-refractivity contribution >= 4 is 34.8 Å². The number of carbonyl (C=O) groups is 2. The minimum absolute atomic E-state index is 0.148. The molecule has 0 saturated carbocycles. The SMILES string of the molecule is Cc1cccc(N2C(=O)C[C@H](Nc3ccc(Cl)cc3)C2=O)c1. The van der Waals surface area contributed by atoms with Crippen molar-refractivity contribution in [1.82, 2.24) is 0 Å². The lowest BCUT2D eigenvalue weighted by atomic mass is 10.2. The molecule has 2 aromatic rings. The van der Waals surface area contributed by atoms with Gasteiger partial charge in [0.15, 0.2) is 0 Å². The molecule has 5 heteroatoms. The van der Waals surface area contributed by atoms with Crippen LogP contribution < -0.4 is 10.2 Å². The topological polar surface area (TPSA) is 49.4 Å². The third-order valence-corrected chi connectivity index (χ3v) is 3.84. The molecule has 1 fully saturated rings. The predicted molar refractivity (Wildman–Crippen MR) is 87.2 cm³/mol. The fraction of sp³-hybridized carbons (Fsp3) is 0.176. The summed E-state index contributed by atoms with van der Waals surface area (Å²) in [6, 6.07) is 13.9. The van der Waals surface area contributed by atoms with Crippen LogP contribution in [0, 0.1) is 6.92 Å². The van der Waals surface area contributed by atoms with E-state index < -0.39 is 6.04 Å². The fourth-order valence-corrected chi connectivity index (χ4v) is 2.66. The zero-order chi connectivity index (χ0) is 15.7. The molecule has 3 rings (SSSR count). The number of benzene rings is 2. The predicted octanol–water partition coefficient (Wildman–Crippen LogP) is 3.39. The van der Waals surface area contributed by atoms with Gasteiger partial charge in [-0.05, 0) is 48.9 Å². The molecule has 1 N–H and O–H groups in total. The van der Waals surface area contributed by atoms with Gasteiger partial charge in [0.25, 0.3) is 5.91 Å². The van der Waals surface area contributed by atoms with E-state index in [1.165, 1.54) is 4.90 Å². The number of hydrogen-bond donors (Lipinski definition) is 1. The monoisotopic (exact) mass is 314 g/mol. The molecule has 1 saturated heterocycles. The van der Waals surface area contributed by atoms with Gasteiger partial charge in [0.1, 0.15) is 6.04 Å². The van der Waals surface area contributed by atoms with E-state index in [2.05, 4.69) is 5.32 Å². The number of amides is 2. The van der Waals surface area contributed by atoms with Crippen LogP contribution in [0.25, 0.3) is 0 Å². The highest BCUT2D eigenvalue weighted by Crippen LogP contribution is 2.26. The second-order valence-electron chi connectivity index (χ2n) is 5.31. The van der Waals surface area contributed by atoms with Crippen LogP contribution in [-0.4, -0.2) is 17.9 Å². The highest BCUT2D eigenvalue weighted by atomic mass is 35.5. The smallest absolute Gasteiger partial charge is 0.256 e. The van der Waals surface area contributed by atoms with Crippen LogP contribution in [-0.2, 0) is 9.59 Å². The largest absolute Gasteiger partial charge is 0.373 e. The number of anilines is 2. The Morgan fingerprint density at radius 2 is 1.86 bits per heavy atom. The van der Waals surface area contributed by atoms with E-state index in [1.807, 2.05) is 25.1 Å². The van der Waals surface area contributed by atoms with Gasteiger partial charge in [0.2, 0.25) is 5.91 Å². The molecule has 0 aliphatic carbocycles. The summed E-state index contributed by atoms with van der Waals surface area (Å²) in [5.74, 6) is -0.424. The van der Waals surface area contributed by atoms with Crippen LogP contribution >= 0.6 is 11.6 Å². The Bertz CT molecular complexity index is 728. The second-order valence-corrected chi connectivity index (χ2v) is 5.75.